The zero-order valence-electron chi connectivity index (χ0n) is 14.1. The van der Waals surface area contributed by atoms with Crippen molar-refractivity contribution in [3.63, 3.8) is 0 Å². The quantitative estimate of drug-likeness (QED) is 0.525. The molecule has 128 valence electrons. The van der Waals surface area contributed by atoms with Gasteiger partial charge in [-0.1, -0.05) is 5.16 Å². The minimum atomic E-state index is -0.581. The number of nitrogens with zero attached hydrogens (tertiary/aromatic N) is 3. The average Bonchev–Trinajstić information content (AvgIpc) is 3.15. The first kappa shape index (κ1) is 16.6. The highest BCUT2D eigenvalue weighted by Gasteiger charge is 2.20. The van der Waals surface area contributed by atoms with Gasteiger partial charge in [0.05, 0.1) is 5.56 Å². The van der Waals surface area contributed by atoms with Gasteiger partial charge in [-0.2, -0.15) is 0 Å². The molecule has 0 saturated carbocycles. The number of esters is 1. The van der Waals surface area contributed by atoms with E-state index in [9.17, 15) is 9.59 Å². The lowest BCUT2D eigenvalue weighted by molar-refractivity contribution is 0.0474. The summed E-state index contributed by atoms with van der Waals surface area (Å²) in [7, 11) is 0. The van der Waals surface area contributed by atoms with E-state index >= 15 is 0 Å². The van der Waals surface area contributed by atoms with Crippen LogP contribution in [-0.4, -0.2) is 33.1 Å². The molecular formula is C18H17N3O4. The topological polar surface area (TPSA) is 87.2 Å². The fourth-order valence-electron chi connectivity index (χ4n) is 2.63. The van der Waals surface area contributed by atoms with Gasteiger partial charge in [0.25, 0.3) is 0 Å². The standard InChI is InChI=1S/C18H17N3O4/c1-11-7-15(13(3)21(11)17-8-12(2)25-20-17)16(22)10-24-18(23)14-5-4-6-19-9-14/h4-9H,10H2,1-3H3. The van der Waals surface area contributed by atoms with Gasteiger partial charge >= 0.3 is 5.97 Å². The van der Waals surface area contributed by atoms with Crippen LogP contribution in [0, 0.1) is 20.8 Å². The van der Waals surface area contributed by atoms with Crippen LogP contribution < -0.4 is 0 Å². The van der Waals surface area contributed by atoms with E-state index in [1.807, 2.05) is 18.4 Å². The Labute approximate surface area is 144 Å². The van der Waals surface area contributed by atoms with E-state index in [0.29, 0.717) is 28.4 Å². The van der Waals surface area contributed by atoms with Crippen molar-refractivity contribution in [2.75, 3.05) is 6.61 Å². The Morgan fingerprint density at radius 2 is 2.04 bits per heavy atom. The number of hydrogen-bond acceptors (Lipinski definition) is 6. The largest absolute Gasteiger partial charge is 0.454 e. The highest BCUT2D eigenvalue weighted by molar-refractivity contribution is 6.00. The lowest BCUT2D eigenvalue weighted by Crippen LogP contribution is -2.15. The van der Waals surface area contributed by atoms with Crippen LogP contribution >= 0.6 is 0 Å². The Hall–Kier alpha value is -3.22. The van der Waals surface area contributed by atoms with Crippen LogP contribution in [0.2, 0.25) is 0 Å². The molecule has 0 atom stereocenters. The fourth-order valence-corrected chi connectivity index (χ4v) is 2.63. The summed E-state index contributed by atoms with van der Waals surface area (Å²) in [4.78, 5) is 28.2. The van der Waals surface area contributed by atoms with Crippen molar-refractivity contribution < 1.29 is 18.8 Å². The van der Waals surface area contributed by atoms with Crippen molar-refractivity contribution in [1.82, 2.24) is 14.7 Å². The second-order valence-corrected chi connectivity index (χ2v) is 5.66. The molecule has 3 heterocycles. The molecule has 3 aromatic heterocycles. The molecule has 0 N–H and O–H groups in total. The lowest BCUT2D eigenvalue weighted by Gasteiger charge is -2.06. The summed E-state index contributed by atoms with van der Waals surface area (Å²) in [6.45, 7) is 5.15. The Morgan fingerprint density at radius 3 is 2.68 bits per heavy atom. The van der Waals surface area contributed by atoms with E-state index in [4.69, 9.17) is 9.26 Å². The lowest BCUT2D eigenvalue weighted by atomic mass is 10.1. The summed E-state index contributed by atoms with van der Waals surface area (Å²) in [5.41, 5.74) is 2.34. The van der Waals surface area contributed by atoms with Crippen molar-refractivity contribution in [2.24, 2.45) is 0 Å². The van der Waals surface area contributed by atoms with Crippen LogP contribution in [0.4, 0.5) is 0 Å². The van der Waals surface area contributed by atoms with Crippen LogP contribution in [-0.2, 0) is 4.74 Å². The van der Waals surface area contributed by atoms with E-state index in [-0.39, 0.29) is 12.4 Å². The molecule has 0 aliphatic heterocycles. The summed E-state index contributed by atoms with van der Waals surface area (Å²) in [6.07, 6.45) is 2.95. The summed E-state index contributed by atoms with van der Waals surface area (Å²) in [5, 5.41) is 3.98. The van der Waals surface area contributed by atoms with E-state index < -0.39 is 5.97 Å². The first-order valence-electron chi connectivity index (χ1n) is 7.70. The maximum atomic E-state index is 12.5. The molecule has 0 saturated heterocycles. The molecule has 0 spiro atoms. The van der Waals surface area contributed by atoms with Gasteiger partial charge in [-0.25, -0.2) is 4.79 Å². The second-order valence-electron chi connectivity index (χ2n) is 5.66. The zero-order valence-corrected chi connectivity index (χ0v) is 14.1. The number of aryl methyl sites for hydroxylation is 2. The Kier molecular flexibility index (Phi) is 4.47. The maximum absolute atomic E-state index is 12.5. The predicted molar refractivity (Wildman–Crippen MR) is 88.9 cm³/mol. The van der Waals surface area contributed by atoms with E-state index in [1.165, 1.54) is 6.20 Å². The van der Waals surface area contributed by atoms with E-state index in [2.05, 4.69) is 10.1 Å². The van der Waals surface area contributed by atoms with Gasteiger partial charge in [0.15, 0.2) is 12.4 Å². The summed E-state index contributed by atoms with van der Waals surface area (Å²) in [6, 6.07) is 6.75. The molecule has 25 heavy (non-hydrogen) atoms. The molecule has 0 radical (unpaired) electrons. The molecular weight excluding hydrogens is 322 g/mol. The van der Waals surface area contributed by atoms with Crippen LogP contribution in [0.3, 0.4) is 0 Å². The summed E-state index contributed by atoms with van der Waals surface area (Å²) in [5.74, 6) is 0.430. The van der Waals surface area contributed by atoms with Gasteiger partial charge in [0.2, 0.25) is 5.78 Å². The normalized spacial score (nSPS) is 10.7. The highest BCUT2D eigenvalue weighted by atomic mass is 16.5. The second kappa shape index (κ2) is 6.72. The Balaban J connectivity index is 1.76. The molecule has 3 rings (SSSR count). The number of ketones is 1. The predicted octanol–water partition coefficient (Wildman–Crippen LogP) is 2.83. The van der Waals surface area contributed by atoms with Gasteiger partial charge in [0.1, 0.15) is 5.76 Å². The molecule has 0 aliphatic carbocycles. The van der Waals surface area contributed by atoms with Crippen LogP contribution in [0.25, 0.3) is 5.82 Å². The molecule has 0 unspecified atom stereocenters. The maximum Gasteiger partial charge on any atom is 0.340 e. The molecule has 0 aromatic carbocycles. The number of carbonyl (C=O) groups is 2. The van der Waals surface area contributed by atoms with Crippen molar-refractivity contribution >= 4 is 11.8 Å². The number of pyridine rings is 1. The zero-order chi connectivity index (χ0) is 18.0. The average molecular weight is 339 g/mol. The molecule has 0 bridgehead atoms. The number of hydrogen-bond donors (Lipinski definition) is 0. The number of carbonyl (C=O) groups excluding carboxylic acids is 2. The third-order valence-corrected chi connectivity index (χ3v) is 3.81. The number of Topliss-reactive ketones (excluding diaryl/α,β-unsaturated/α-hetero) is 1. The monoisotopic (exact) mass is 339 g/mol. The molecule has 0 fully saturated rings. The number of ether oxygens (including phenoxy) is 1. The van der Waals surface area contributed by atoms with Gasteiger partial charge in [0, 0.05) is 35.4 Å². The van der Waals surface area contributed by atoms with Gasteiger partial charge in [-0.05, 0) is 39.0 Å². The molecule has 0 amide bonds. The van der Waals surface area contributed by atoms with E-state index in [0.717, 1.165) is 5.69 Å². The summed E-state index contributed by atoms with van der Waals surface area (Å²) < 4.78 is 12.0. The van der Waals surface area contributed by atoms with E-state index in [1.54, 1.807) is 37.4 Å². The Morgan fingerprint density at radius 1 is 1.24 bits per heavy atom. The van der Waals surface area contributed by atoms with Crippen LogP contribution in [0.5, 0.6) is 0 Å². The van der Waals surface area contributed by atoms with Gasteiger partial charge < -0.3 is 9.26 Å². The highest BCUT2D eigenvalue weighted by Crippen LogP contribution is 2.21. The smallest absolute Gasteiger partial charge is 0.340 e. The molecule has 7 heteroatoms. The number of aromatic nitrogens is 3. The minimum absolute atomic E-state index is 0.281. The van der Waals surface area contributed by atoms with Gasteiger partial charge in [-0.3, -0.25) is 14.3 Å². The van der Waals surface area contributed by atoms with Crippen molar-refractivity contribution in [3.8, 4) is 5.82 Å². The minimum Gasteiger partial charge on any atom is -0.454 e. The van der Waals surface area contributed by atoms with Crippen molar-refractivity contribution in [3.05, 3.63) is 64.9 Å². The molecule has 0 aliphatic rings. The van der Waals surface area contributed by atoms with Crippen molar-refractivity contribution in [2.45, 2.75) is 20.8 Å². The summed E-state index contributed by atoms with van der Waals surface area (Å²) >= 11 is 0. The number of rotatable bonds is 5. The van der Waals surface area contributed by atoms with Gasteiger partial charge in [-0.15, -0.1) is 0 Å². The SMILES string of the molecule is Cc1cc(-n2c(C)cc(C(=O)COC(=O)c3cccnc3)c2C)no1. The third-order valence-electron chi connectivity index (χ3n) is 3.81. The fraction of sp³-hybridized carbons (Fsp3) is 0.222. The first-order chi connectivity index (χ1) is 12.0. The third kappa shape index (κ3) is 3.35. The van der Waals surface area contributed by atoms with Crippen molar-refractivity contribution in [1.29, 1.82) is 0 Å². The first-order valence-corrected chi connectivity index (χ1v) is 7.70. The molecule has 3 aromatic rings. The Bertz CT molecular complexity index is 925. The molecule has 7 nitrogen and oxygen atoms in total. The van der Waals surface area contributed by atoms with Crippen LogP contribution in [0.15, 0.2) is 41.2 Å². The van der Waals surface area contributed by atoms with Crippen LogP contribution in [0.1, 0.15) is 37.9 Å².